The molecule has 1 atom stereocenters. The van der Waals surface area contributed by atoms with E-state index in [0.717, 1.165) is 0 Å². The summed E-state index contributed by atoms with van der Waals surface area (Å²) in [5.41, 5.74) is 0.766. The number of rotatable bonds is 5. The Kier molecular flexibility index (Phi) is 5.73. The molecule has 0 unspecified atom stereocenters. The fraction of sp³-hybridized carbons (Fsp3) is 0.391. The third-order valence-electron chi connectivity index (χ3n) is 5.45. The maximum Gasteiger partial charge on any atom is 0.286 e. The zero-order chi connectivity index (χ0) is 22.9. The van der Waals surface area contributed by atoms with Crippen LogP contribution in [0.25, 0.3) is 10.9 Å². The highest BCUT2D eigenvalue weighted by molar-refractivity contribution is 6.07. The molecule has 1 N–H and O–H groups in total. The van der Waals surface area contributed by atoms with Crippen molar-refractivity contribution in [2.45, 2.75) is 45.1 Å². The Labute approximate surface area is 185 Å². The fourth-order valence-corrected chi connectivity index (χ4v) is 3.75. The Morgan fingerprint density at radius 3 is 2.69 bits per heavy atom. The molecular formula is C23H25N5O4. The molecule has 9 heteroatoms. The van der Waals surface area contributed by atoms with Gasteiger partial charge < -0.3 is 14.6 Å². The second-order valence-electron chi connectivity index (χ2n) is 8.83. The number of aromatic nitrogens is 3. The lowest BCUT2D eigenvalue weighted by Crippen LogP contribution is -2.45. The number of Topliss-reactive ketones (excluding diaryl/α,β-unsaturated/α-hetero) is 1. The van der Waals surface area contributed by atoms with Crippen LogP contribution < -0.4 is 5.32 Å². The van der Waals surface area contributed by atoms with Crippen molar-refractivity contribution >= 4 is 28.5 Å². The second kappa shape index (κ2) is 8.49. The van der Waals surface area contributed by atoms with Crippen LogP contribution >= 0.6 is 0 Å². The molecule has 1 aliphatic heterocycles. The summed E-state index contributed by atoms with van der Waals surface area (Å²) in [6.07, 6.45) is 2.76. The van der Waals surface area contributed by atoms with Gasteiger partial charge in [-0.1, -0.05) is 39.0 Å². The van der Waals surface area contributed by atoms with Gasteiger partial charge in [0.15, 0.2) is 0 Å². The van der Waals surface area contributed by atoms with Crippen LogP contribution in [0.5, 0.6) is 0 Å². The molecular weight excluding hydrogens is 410 g/mol. The predicted molar refractivity (Wildman–Crippen MR) is 116 cm³/mol. The molecule has 0 bridgehead atoms. The van der Waals surface area contributed by atoms with Crippen LogP contribution in [0.1, 0.15) is 60.5 Å². The van der Waals surface area contributed by atoms with Crippen LogP contribution in [0, 0.1) is 0 Å². The number of carbonyl (C=O) groups is 3. The number of para-hydroxylation sites is 1. The predicted octanol–water partition coefficient (Wildman–Crippen LogP) is 2.52. The second-order valence-corrected chi connectivity index (χ2v) is 8.83. The highest BCUT2D eigenvalue weighted by atomic mass is 16.4. The molecule has 2 amide bonds. The summed E-state index contributed by atoms with van der Waals surface area (Å²) in [6, 6.07) is 8.25. The summed E-state index contributed by atoms with van der Waals surface area (Å²) >= 11 is 0. The molecule has 0 spiro atoms. The Hall–Kier alpha value is -3.62. The number of benzene rings is 1. The third-order valence-corrected chi connectivity index (χ3v) is 5.45. The highest BCUT2D eigenvalue weighted by Gasteiger charge is 2.37. The van der Waals surface area contributed by atoms with Crippen molar-refractivity contribution in [3.63, 3.8) is 0 Å². The number of likely N-dealkylation sites (tertiary alicyclic amines) is 1. The van der Waals surface area contributed by atoms with Crippen LogP contribution in [-0.2, 0) is 10.2 Å². The zero-order valence-electron chi connectivity index (χ0n) is 18.3. The lowest BCUT2D eigenvalue weighted by Gasteiger charge is -2.22. The molecule has 1 aliphatic rings. The zero-order valence-corrected chi connectivity index (χ0v) is 18.3. The van der Waals surface area contributed by atoms with Gasteiger partial charge in [0.1, 0.15) is 6.04 Å². The monoisotopic (exact) mass is 435 g/mol. The minimum Gasteiger partial charge on any atom is -0.418 e. The van der Waals surface area contributed by atoms with Gasteiger partial charge in [-0.2, -0.15) is 0 Å². The van der Waals surface area contributed by atoms with E-state index in [4.69, 9.17) is 4.42 Å². The van der Waals surface area contributed by atoms with Gasteiger partial charge in [0.25, 0.3) is 11.8 Å². The molecule has 166 valence electrons. The van der Waals surface area contributed by atoms with Crippen LogP contribution in [0.3, 0.4) is 0 Å². The SMILES string of the molecule is CC(C)(C)c1nnc(C(=O)[C@@H]2CCCN2C(=O)CNC(=O)c2ccnc3ccccc23)o1. The van der Waals surface area contributed by atoms with Crippen LogP contribution in [0.4, 0.5) is 0 Å². The minimum atomic E-state index is -0.672. The Morgan fingerprint density at radius 2 is 1.94 bits per heavy atom. The molecule has 0 radical (unpaired) electrons. The maximum atomic E-state index is 12.9. The standard InChI is InChI=1S/C23H25N5O4/c1-23(2,3)22-27-26-21(32-22)19(30)17-9-6-12-28(17)18(29)13-25-20(31)15-10-11-24-16-8-5-4-7-14(15)16/h4-5,7-8,10-11,17H,6,9,12-13H2,1-3H3,(H,25,31)/t17-/m0/s1. The molecule has 1 aromatic carbocycles. The van der Waals surface area contributed by atoms with E-state index in [1.54, 1.807) is 12.3 Å². The summed E-state index contributed by atoms with van der Waals surface area (Å²) < 4.78 is 5.56. The number of pyridine rings is 1. The van der Waals surface area contributed by atoms with E-state index >= 15 is 0 Å². The first kappa shape index (κ1) is 21.6. The van der Waals surface area contributed by atoms with Gasteiger partial charge >= 0.3 is 0 Å². The molecule has 3 aromatic rings. The Balaban J connectivity index is 1.43. The first-order chi connectivity index (χ1) is 15.3. The number of fused-ring (bicyclic) bond motifs is 1. The van der Waals surface area contributed by atoms with Gasteiger partial charge in [-0.3, -0.25) is 19.4 Å². The van der Waals surface area contributed by atoms with Crippen molar-refractivity contribution in [1.29, 1.82) is 0 Å². The number of hydrogen-bond donors (Lipinski definition) is 1. The number of carbonyl (C=O) groups excluding carboxylic acids is 3. The van der Waals surface area contributed by atoms with Crippen molar-refractivity contribution < 1.29 is 18.8 Å². The van der Waals surface area contributed by atoms with Crippen LogP contribution in [-0.4, -0.2) is 56.8 Å². The highest BCUT2D eigenvalue weighted by Crippen LogP contribution is 2.24. The van der Waals surface area contributed by atoms with Crippen molar-refractivity contribution in [1.82, 2.24) is 25.4 Å². The van der Waals surface area contributed by atoms with Gasteiger partial charge in [-0.05, 0) is 25.0 Å². The topological polar surface area (TPSA) is 118 Å². The Morgan fingerprint density at radius 1 is 1.16 bits per heavy atom. The van der Waals surface area contributed by atoms with Crippen LogP contribution in [0.2, 0.25) is 0 Å². The molecule has 32 heavy (non-hydrogen) atoms. The summed E-state index contributed by atoms with van der Waals surface area (Å²) in [5, 5.41) is 11.2. The first-order valence-corrected chi connectivity index (χ1v) is 10.6. The Bertz CT molecular complexity index is 1180. The lowest BCUT2D eigenvalue weighted by molar-refractivity contribution is -0.130. The largest absolute Gasteiger partial charge is 0.418 e. The summed E-state index contributed by atoms with van der Waals surface area (Å²) in [4.78, 5) is 44.2. The summed E-state index contributed by atoms with van der Waals surface area (Å²) in [7, 11) is 0. The van der Waals surface area contributed by atoms with E-state index in [0.29, 0.717) is 41.7 Å². The van der Waals surface area contributed by atoms with Crippen molar-refractivity contribution in [2.75, 3.05) is 13.1 Å². The number of nitrogens with one attached hydrogen (secondary N) is 1. The molecule has 0 aliphatic carbocycles. The molecule has 1 fully saturated rings. The maximum absolute atomic E-state index is 12.9. The molecule has 0 saturated carbocycles. The number of hydrogen-bond acceptors (Lipinski definition) is 7. The van der Waals surface area contributed by atoms with Crippen molar-refractivity contribution in [3.05, 3.63) is 53.9 Å². The van der Waals surface area contributed by atoms with Gasteiger partial charge in [-0.25, -0.2) is 0 Å². The average molecular weight is 435 g/mol. The third kappa shape index (κ3) is 4.23. The first-order valence-electron chi connectivity index (χ1n) is 10.6. The van der Waals surface area contributed by atoms with E-state index in [2.05, 4.69) is 20.5 Å². The fourth-order valence-electron chi connectivity index (χ4n) is 3.75. The molecule has 3 heterocycles. The molecule has 1 saturated heterocycles. The van der Waals surface area contributed by atoms with Gasteiger partial charge in [-0.15, -0.1) is 10.2 Å². The average Bonchev–Trinajstić information content (AvgIpc) is 3.46. The van der Waals surface area contributed by atoms with Gasteiger partial charge in [0.05, 0.1) is 17.6 Å². The van der Waals surface area contributed by atoms with E-state index in [1.807, 2.05) is 45.0 Å². The number of ketones is 1. The minimum absolute atomic E-state index is 0.0908. The molecule has 2 aromatic heterocycles. The number of nitrogens with zero attached hydrogens (tertiary/aromatic N) is 4. The van der Waals surface area contributed by atoms with E-state index in [9.17, 15) is 14.4 Å². The summed E-state index contributed by atoms with van der Waals surface area (Å²) in [5.74, 6) is -0.792. The normalized spacial score (nSPS) is 16.3. The summed E-state index contributed by atoms with van der Waals surface area (Å²) in [6.45, 7) is 5.96. The molecule has 4 rings (SSSR count). The van der Waals surface area contributed by atoms with Crippen LogP contribution in [0.15, 0.2) is 40.9 Å². The van der Waals surface area contributed by atoms with Crippen molar-refractivity contribution in [3.8, 4) is 0 Å². The number of amides is 2. The van der Waals surface area contributed by atoms with Crippen molar-refractivity contribution in [2.24, 2.45) is 0 Å². The van der Waals surface area contributed by atoms with Gasteiger partial charge in [0, 0.05) is 23.5 Å². The lowest BCUT2D eigenvalue weighted by atomic mass is 9.97. The van der Waals surface area contributed by atoms with Gasteiger partial charge in [0.2, 0.25) is 17.6 Å². The van der Waals surface area contributed by atoms with E-state index in [-0.39, 0.29) is 35.4 Å². The molecule has 9 nitrogen and oxygen atoms in total. The quantitative estimate of drug-likeness (QED) is 0.612. The van der Waals surface area contributed by atoms with E-state index < -0.39 is 6.04 Å². The van der Waals surface area contributed by atoms with E-state index in [1.165, 1.54) is 4.90 Å². The smallest absolute Gasteiger partial charge is 0.286 e.